The van der Waals surface area contributed by atoms with Crippen molar-refractivity contribution in [3.63, 3.8) is 0 Å². The van der Waals surface area contributed by atoms with E-state index in [-0.39, 0.29) is 12.6 Å². The minimum absolute atomic E-state index is 0.0978. The summed E-state index contributed by atoms with van der Waals surface area (Å²) < 4.78 is 5.41. The summed E-state index contributed by atoms with van der Waals surface area (Å²) in [5.41, 5.74) is 2.28. The van der Waals surface area contributed by atoms with Crippen LogP contribution in [0.1, 0.15) is 5.56 Å². The quantitative estimate of drug-likeness (QED) is 0.904. The molecule has 0 radical (unpaired) electrons. The Balaban J connectivity index is 1.88. The first-order valence-corrected chi connectivity index (χ1v) is 6.64. The highest BCUT2D eigenvalue weighted by Gasteiger charge is 2.22. The third-order valence-corrected chi connectivity index (χ3v) is 3.67. The number of aliphatic hydroxyl groups excluding tert-OH is 1. The van der Waals surface area contributed by atoms with Gasteiger partial charge in [0.1, 0.15) is 0 Å². The maximum Gasteiger partial charge on any atom is 0.0705 e. The van der Waals surface area contributed by atoms with Crippen LogP contribution in [0.2, 0.25) is 0 Å². The van der Waals surface area contributed by atoms with Crippen molar-refractivity contribution in [1.29, 1.82) is 0 Å². The van der Waals surface area contributed by atoms with Crippen LogP contribution in [0.3, 0.4) is 0 Å². The van der Waals surface area contributed by atoms with E-state index in [0.717, 1.165) is 25.2 Å². The van der Waals surface area contributed by atoms with Gasteiger partial charge in [0.2, 0.25) is 0 Å². The summed E-state index contributed by atoms with van der Waals surface area (Å²) in [6.45, 7) is 3.18. The lowest BCUT2D eigenvalue weighted by Crippen LogP contribution is -2.46. The standard InChI is InChI=1S/C15H18N2O2/c18-10-13-11-19-8-7-17(13)9-12-5-6-16-15-4-2-1-3-14(12)15/h1-6,13,18H,7-11H2. The number of benzene rings is 1. The van der Waals surface area contributed by atoms with Gasteiger partial charge in [-0.05, 0) is 17.7 Å². The summed E-state index contributed by atoms with van der Waals surface area (Å²) in [5, 5.41) is 10.6. The van der Waals surface area contributed by atoms with E-state index in [0.29, 0.717) is 6.61 Å². The molecule has 100 valence electrons. The lowest BCUT2D eigenvalue weighted by molar-refractivity contribution is -0.0311. The number of aliphatic hydroxyl groups is 1. The van der Waals surface area contributed by atoms with E-state index < -0.39 is 0 Å². The van der Waals surface area contributed by atoms with Crippen LogP contribution in [0.15, 0.2) is 36.5 Å². The van der Waals surface area contributed by atoms with Crippen molar-refractivity contribution in [3.05, 3.63) is 42.1 Å². The lowest BCUT2D eigenvalue weighted by Gasteiger charge is -2.34. The minimum Gasteiger partial charge on any atom is -0.395 e. The normalized spacial score (nSPS) is 20.8. The molecule has 1 aromatic heterocycles. The van der Waals surface area contributed by atoms with Crippen LogP contribution in [-0.4, -0.2) is 47.4 Å². The molecular weight excluding hydrogens is 240 g/mol. The van der Waals surface area contributed by atoms with Gasteiger partial charge in [-0.3, -0.25) is 9.88 Å². The fourth-order valence-electron chi connectivity index (χ4n) is 2.58. The van der Waals surface area contributed by atoms with Crippen LogP contribution in [0, 0.1) is 0 Å². The molecule has 1 fully saturated rings. The molecule has 1 unspecified atom stereocenters. The third-order valence-electron chi connectivity index (χ3n) is 3.67. The van der Waals surface area contributed by atoms with Gasteiger partial charge >= 0.3 is 0 Å². The van der Waals surface area contributed by atoms with Gasteiger partial charge in [-0.25, -0.2) is 0 Å². The van der Waals surface area contributed by atoms with E-state index in [2.05, 4.69) is 22.0 Å². The molecule has 1 atom stereocenters. The van der Waals surface area contributed by atoms with E-state index in [1.165, 1.54) is 10.9 Å². The first kappa shape index (κ1) is 12.5. The van der Waals surface area contributed by atoms with Crippen molar-refractivity contribution in [3.8, 4) is 0 Å². The molecule has 1 aliphatic heterocycles. The summed E-state index contributed by atoms with van der Waals surface area (Å²) >= 11 is 0. The largest absolute Gasteiger partial charge is 0.395 e. The smallest absolute Gasteiger partial charge is 0.0705 e. The van der Waals surface area contributed by atoms with Crippen molar-refractivity contribution >= 4 is 10.9 Å². The summed E-state index contributed by atoms with van der Waals surface area (Å²) in [6.07, 6.45) is 1.85. The number of rotatable bonds is 3. The van der Waals surface area contributed by atoms with Crippen molar-refractivity contribution in [1.82, 2.24) is 9.88 Å². The molecule has 0 bridgehead atoms. The highest BCUT2D eigenvalue weighted by molar-refractivity contribution is 5.81. The van der Waals surface area contributed by atoms with Crippen LogP contribution in [0.5, 0.6) is 0 Å². The number of para-hydroxylation sites is 1. The van der Waals surface area contributed by atoms with Gasteiger partial charge in [-0.2, -0.15) is 0 Å². The summed E-state index contributed by atoms with van der Waals surface area (Å²) in [5.74, 6) is 0. The zero-order chi connectivity index (χ0) is 13.1. The number of hydrogen-bond donors (Lipinski definition) is 1. The molecule has 1 aromatic carbocycles. The number of hydrogen-bond acceptors (Lipinski definition) is 4. The highest BCUT2D eigenvalue weighted by Crippen LogP contribution is 2.19. The molecule has 3 rings (SSSR count). The fraction of sp³-hybridized carbons (Fsp3) is 0.400. The van der Waals surface area contributed by atoms with Crippen molar-refractivity contribution in [2.75, 3.05) is 26.4 Å². The van der Waals surface area contributed by atoms with Crippen LogP contribution < -0.4 is 0 Å². The molecule has 0 saturated carbocycles. The second-order valence-corrected chi connectivity index (χ2v) is 4.87. The molecule has 19 heavy (non-hydrogen) atoms. The number of aromatic nitrogens is 1. The molecule has 2 heterocycles. The van der Waals surface area contributed by atoms with Crippen LogP contribution >= 0.6 is 0 Å². The van der Waals surface area contributed by atoms with E-state index in [9.17, 15) is 5.11 Å². The number of nitrogens with zero attached hydrogens (tertiary/aromatic N) is 2. The Labute approximate surface area is 112 Å². The zero-order valence-electron chi connectivity index (χ0n) is 10.8. The van der Waals surface area contributed by atoms with Crippen LogP contribution in [-0.2, 0) is 11.3 Å². The topological polar surface area (TPSA) is 45.6 Å². The van der Waals surface area contributed by atoms with Crippen molar-refractivity contribution < 1.29 is 9.84 Å². The predicted octanol–water partition coefficient (Wildman–Crippen LogP) is 1.43. The molecule has 0 aliphatic carbocycles. The van der Waals surface area contributed by atoms with Gasteiger partial charge in [0.25, 0.3) is 0 Å². The van der Waals surface area contributed by atoms with E-state index >= 15 is 0 Å². The fourth-order valence-corrected chi connectivity index (χ4v) is 2.58. The van der Waals surface area contributed by atoms with Gasteiger partial charge in [-0.1, -0.05) is 18.2 Å². The molecule has 1 saturated heterocycles. The Morgan fingerprint density at radius 1 is 1.32 bits per heavy atom. The predicted molar refractivity (Wildman–Crippen MR) is 73.8 cm³/mol. The Bertz CT molecular complexity index is 553. The molecule has 4 nitrogen and oxygen atoms in total. The first-order valence-electron chi connectivity index (χ1n) is 6.64. The maximum absolute atomic E-state index is 9.42. The Hall–Kier alpha value is -1.49. The number of pyridine rings is 1. The summed E-state index contributed by atoms with van der Waals surface area (Å²) in [4.78, 5) is 6.66. The molecule has 0 amide bonds. The minimum atomic E-state index is 0.0978. The Morgan fingerprint density at radius 3 is 3.11 bits per heavy atom. The van der Waals surface area contributed by atoms with Gasteiger partial charge in [0.15, 0.2) is 0 Å². The number of fused-ring (bicyclic) bond motifs is 1. The molecule has 2 aromatic rings. The molecular formula is C15H18N2O2. The first-order chi connectivity index (χ1) is 9.38. The monoisotopic (exact) mass is 258 g/mol. The van der Waals surface area contributed by atoms with Crippen molar-refractivity contribution in [2.24, 2.45) is 0 Å². The summed E-state index contributed by atoms with van der Waals surface area (Å²) in [6, 6.07) is 10.3. The summed E-state index contributed by atoms with van der Waals surface area (Å²) in [7, 11) is 0. The zero-order valence-corrected chi connectivity index (χ0v) is 10.8. The van der Waals surface area contributed by atoms with Crippen LogP contribution in [0.4, 0.5) is 0 Å². The lowest BCUT2D eigenvalue weighted by atomic mass is 10.1. The van der Waals surface area contributed by atoms with E-state index in [4.69, 9.17) is 4.74 Å². The molecule has 4 heteroatoms. The van der Waals surface area contributed by atoms with E-state index in [1.54, 1.807) is 0 Å². The average Bonchev–Trinajstić information content (AvgIpc) is 2.48. The van der Waals surface area contributed by atoms with Crippen molar-refractivity contribution in [2.45, 2.75) is 12.6 Å². The van der Waals surface area contributed by atoms with Gasteiger partial charge in [0.05, 0.1) is 31.4 Å². The second-order valence-electron chi connectivity index (χ2n) is 4.87. The van der Waals surface area contributed by atoms with Crippen LogP contribution in [0.25, 0.3) is 10.9 Å². The Kier molecular flexibility index (Phi) is 3.73. The van der Waals surface area contributed by atoms with Gasteiger partial charge < -0.3 is 9.84 Å². The maximum atomic E-state index is 9.42. The van der Waals surface area contributed by atoms with E-state index in [1.807, 2.05) is 24.4 Å². The molecule has 1 N–H and O–H groups in total. The highest BCUT2D eigenvalue weighted by atomic mass is 16.5. The second kappa shape index (κ2) is 5.65. The molecule has 0 spiro atoms. The Morgan fingerprint density at radius 2 is 2.21 bits per heavy atom. The third kappa shape index (κ3) is 2.61. The molecule has 1 aliphatic rings. The van der Waals surface area contributed by atoms with Gasteiger partial charge in [0, 0.05) is 24.7 Å². The average molecular weight is 258 g/mol. The van der Waals surface area contributed by atoms with Gasteiger partial charge in [-0.15, -0.1) is 0 Å². The SMILES string of the molecule is OCC1COCCN1Cc1ccnc2ccccc12. The number of morpholine rings is 1. The number of ether oxygens (including phenoxy) is 1.